The molecule has 2 aromatic carbocycles. The zero-order valence-corrected chi connectivity index (χ0v) is 24.8. The van der Waals surface area contributed by atoms with E-state index in [2.05, 4.69) is 55.6 Å². The van der Waals surface area contributed by atoms with Crippen LogP contribution in [-0.2, 0) is 16.0 Å². The van der Waals surface area contributed by atoms with Crippen molar-refractivity contribution in [3.63, 3.8) is 0 Å². The molecule has 6 N–H and O–H groups in total. The van der Waals surface area contributed by atoms with Crippen LogP contribution >= 0.6 is 0 Å². The highest BCUT2D eigenvalue weighted by Gasteiger charge is 2.52. The lowest BCUT2D eigenvalue weighted by Gasteiger charge is -2.47. The number of primary amides is 1. The van der Waals surface area contributed by atoms with E-state index in [0.717, 1.165) is 56.1 Å². The van der Waals surface area contributed by atoms with Crippen molar-refractivity contribution in [3.8, 4) is 0 Å². The Labute approximate surface area is 243 Å². The molecule has 1 aliphatic heterocycles. The molecule has 2 amide bonds. The van der Waals surface area contributed by atoms with Crippen LogP contribution in [0, 0.1) is 17.2 Å². The predicted octanol–water partition coefficient (Wildman–Crippen LogP) is 5.20. The molecule has 222 valence electrons. The molecule has 0 radical (unpaired) electrons. The number of amides is 2. The molecule has 1 spiro atoms. The van der Waals surface area contributed by atoms with E-state index in [-0.39, 0.29) is 29.6 Å². The van der Waals surface area contributed by atoms with E-state index in [9.17, 15) is 9.18 Å². The van der Waals surface area contributed by atoms with Gasteiger partial charge in [-0.3, -0.25) is 14.6 Å². The van der Waals surface area contributed by atoms with Gasteiger partial charge in [-0.1, -0.05) is 64.8 Å². The average Bonchev–Trinajstić information content (AvgIpc) is 3.21. The molecule has 1 unspecified atom stereocenters. The van der Waals surface area contributed by atoms with Crippen LogP contribution in [0.5, 0.6) is 0 Å². The molecule has 0 aromatic heterocycles. The van der Waals surface area contributed by atoms with Gasteiger partial charge in [0.1, 0.15) is 23.0 Å². The highest BCUT2D eigenvalue weighted by Crippen LogP contribution is 2.50. The van der Waals surface area contributed by atoms with Crippen molar-refractivity contribution in [1.29, 1.82) is 0 Å². The summed E-state index contributed by atoms with van der Waals surface area (Å²) in [7, 11) is 0. The van der Waals surface area contributed by atoms with Gasteiger partial charge in [0.2, 0.25) is 6.41 Å². The van der Waals surface area contributed by atoms with Gasteiger partial charge in [-0.15, -0.1) is 0 Å². The molecular weight excluding hydrogens is 519 g/mol. The molecule has 41 heavy (non-hydrogen) atoms. The van der Waals surface area contributed by atoms with Crippen LogP contribution in [0.4, 0.5) is 4.39 Å². The van der Waals surface area contributed by atoms with E-state index in [4.69, 9.17) is 21.4 Å². The van der Waals surface area contributed by atoms with E-state index in [1.54, 1.807) is 12.1 Å². The quantitative estimate of drug-likeness (QED) is 0.133. The summed E-state index contributed by atoms with van der Waals surface area (Å²) >= 11 is 0. The van der Waals surface area contributed by atoms with Crippen LogP contribution in [0.3, 0.4) is 0 Å². The summed E-state index contributed by atoms with van der Waals surface area (Å²) in [4.78, 5) is 30.1. The number of rotatable bonds is 8. The van der Waals surface area contributed by atoms with E-state index < -0.39 is 5.66 Å². The average molecular weight is 565 g/mol. The second kappa shape index (κ2) is 13.7. The number of nitrogens with zero attached hydrogens (tertiary/aromatic N) is 3. The fourth-order valence-electron chi connectivity index (χ4n) is 6.09. The summed E-state index contributed by atoms with van der Waals surface area (Å²) in [6, 6.07) is 14.3. The second-order valence-corrected chi connectivity index (χ2v) is 12.1. The molecule has 1 fully saturated rings. The summed E-state index contributed by atoms with van der Waals surface area (Å²) in [5.74, 6) is 5.90. The lowest BCUT2D eigenvalue weighted by Crippen LogP contribution is -2.51. The third-order valence-corrected chi connectivity index (χ3v) is 8.38. The van der Waals surface area contributed by atoms with Gasteiger partial charge < -0.3 is 22.2 Å². The standard InChI is InChI=1S/C31H42FN5O.CH3NO/c1-5-6-7-26(22-10-8-21(9-11-22)20-27(33)36-34)37-29(38)28(23-12-14-25(32)15-13-23)35-31(37)18-16-24(17-19-31)30(2,3)4;2-1-3/h8-15,24,26H,5-7,16-20,34H2,1-4H3,(H2,33,36);1H,(H2,2,3). The monoisotopic (exact) mass is 564 g/mol. The number of benzene rings is 2. The van der Waals surface area contributed by atoms with Crippen LogP contribution in [0.2, 0.25) is 0 Å². The Morgan fingerprint density at radius 3 is 2.24 bits per heavy atom. The number of unbranched alkanes of at least 4 members (excludes halogenated alkanes) is 1. The molecule has 0 bridgehead atoms. The molecule has 1 atom stereocenters. The van der Waals surface area contributed by atoms with Crippen molar-refractivity contribution in [2.75, 3.05) is 0 Å². The van der Waals surface area contributed by atoms with Crippen LogP contribution in [0.25, 0.3) is 0 Å². The van der Waals surface area contributed by atoms with Gasteiger partial charge in [0.15, 0.2) is 0 Å². The Bertz CT molecular complexity index is 1230. The van der Waals surface area contributed by atoms with Crippen LogP contribution in [0.15, 0.2) is 58.6 Å². The van der Waals surface area contributed by atoms with Crippen LogP contribution in [-0.4, -0.2) is 34.4 Å². The Kier molecular flexibility index (Phi) is 10.7. The zero-order valence-electron chi connectivity index (χ0n) is 24.8. The van der Waals surface area contributed by atoms with Crippen molar-refractivity contribution in [3.05, 3.63) is 71.0 Å². The van der Waals surface area contributed by atoms with Gasteiger partial charge in [0.25, 0.3) is 5.91 Å². The first-order chi connectivity index (χ1) is 19.5. The third-order valence-electron chi connectivity index (χ3n) is 8.38. The molecule has 2 aliphatic rings. The van der Waals surface area contributed by atoms with Gasteiger partial charge >= 0.3 is 0 Å². The minimum Gasteiger partial charge on any atom is -0.385 e. The number of aliphatic imine (C=N–C) groups is 1. The first kappa shape index (κ1) is 31.8. The van der Waals surface area contributed by atoms with Gasteiger partial charge in [-0.05, 0) is 78.8 Å². The Hall–Kier alpha value is -3.75. The second-order valence-electron chi connectivity index (χ2n) is 12.1. The largest absolute Gasteiger partial charge is 0.385 e. The number of hydrogen-bond donors (Lipinski definition) is 3. The first-order valence-corrected chi connectivity index (χ1v) is 14.5. The molecule has 2 aromatic rings. The SMILES string of the molecule is CCCCC(c1ccc(C/C(N)=N/N)cc1)N1C(=O)C(c2ccc(F)cc2)=NC12CCC(C(C)(C)C)CC2.NC=O. The lowest BCUT2D eigenvalue weighted by atomic mass is 9.69. The lowest BCUT2D eigenvalue weighted by molar-refractivity contribution is -0.133. The molecule has 0 saturated heterocycles. The maximum atomic E-state index is 14.2. The first-order valence-electron chi connectivity index (χ1n) is 14.5. The van der Waals surface area contributed by atoms with E-state index in [0.29, 0.717) is 29.4 Å². The summed E-state index contributed by atoms with van der Waals surface area (Å²) in [6.07, 6.45) is 7.31. The number of amidine groups is 1. The minimum atomic E-state index is -0.587. The van der Waals surface area contributed by atoms with Crippen molar-refractivity contribution < 1.29 is 14.0 Å². The molecule has 1 heterocycles. The number of carbonyl (C=O) groups is 2. The Balaban J connectivity index is 0.00000147. The topological polar surface area (TPSA) is 140 Å². The number of hydrazone groups is 1. The molecular formula is C32H45FN6O2. The molecule has 8 nitrogen and oxygen atoms in total. The number of carbonyl (C=O) groups excluding carboxylic acids is 2. The van der Waals surface area contributed by atoms with Gasteiger partial charge in [0.05, 0.1) is 6.04 Å². The number of hydrogen-bond acceptors (Lipinski definition) is 5. The summed E-state index contributed by atoms with van der Waals surface area (Å²) < 4.78 is 13.7. The van der Waals surface area contributed by atoms with Crippen LogP contribution in [0.1, 0.15) is 95.4 Å². The van der Waals surface area contributed by atoms with Crippen molar-refractivity contribution in [1.82, 2.24) is 4.90 Å². The highest BCUT2D eigenvalue weighted by molar-refractivity contribution is 6.46. The Morgan fingerprint density at radius 1 is 1.15 bits per heavy atom. The van der Waals surface area contributed by atoms with Crippen LogP contribution < -0.4 is 17.3 Å². The predicted molar refractivity (Wildman–Crippen MR) is 162 cm³/mol. The van der Waals surface area contributed by atoms with Gasteiger partial charge in [0, 0.05) is 12.0 Å². The van der Waals surface area contributed by atoms with Crippen molar-refractivity contribution in [2.45, 2.75) is 90.8 Å². The third kappa shape index (κ3) is 7.51. The molecule has 1 saturated carbocycles. The normalized spacial score (nSPS) is 21.7. The zero-order chi connectivity index (χ0) is 30.2. The number of nitrogens with two attached hydrogens (primary N) is 3. The minimum absolute atomic E-state index is 0.0597. The molecule has 9 heteroatoms. The molecule has 1 aliphatic carbocycles. The number of halogens is 1. The highest BCUT2D eigenvalue weighted by atomic mass is 19.1. The smallest absolute Gasteiger partial charge is 0.275 e. The van der Waals surface area contributed by atoms with E-state index in [1.807, 2.05) is 12.1 Å². The van der Waals surface area contributed by atoms with E-state index in [1.165, 1.54) is 12.1 Å². The maximum Gasteiger partial charge on any atom is 0.275 e. The van der Waals surface area contributed by atoms with E-state index >= 15 is 0 Å². The van der Waals surface area contributed by atoms with Crippen molar-refractivity contribution in [2.24, 2.45) is 38.7 Å². The van der Waals surface area contributed by atoms with Gasteiger partial charge in [-0.2, -0.15) is 5.10 Å². The summed E-state index contributed by atoms with van der Waals surface area (Å²) in [5.41, 5.74) is 12.9. The Morgan fingerprint density at radius 2 is 1.73 bits per heavy atom. The summed E-state index contributed by atoms with van der Waals surface area (Å²) in [5, 5.41) is 3.58. The fourth-order valence-corrected chi connectivity index (χ4v) is 6.09. The maximum absolute atomic E-state index is 14.2. The van der Waals surface area contributed by atoms with Gasteiger partial charge in [-0.25, -0.2) is 4.39 Å². The fraction of sp³-hybridized carbons (Fsp3) is 0.500. The van der Waals surface area contributed by atoms with Crippen molar-refractivity contribution >= 4 is 23.9 Å². The summed E-state index contributed by atoms with van der Waals surface area (Å²) in [6.45, 7) is 9.07. The molecule has 4 rings (SSSR count).